The van der Waals surface area contributed by atoms with Crippen molar-refractivity contribution in [3.8, 4) is 0 Å². The second-order valence-corrected chi connectivity index (χ2v) is 4.08. The van der Waals surface area contributed by atoms with Gasteiger partial charge in [0.2, 0.25) is 0 Å². The number of halogens is 1. The van der Waals surface area contributed by atoms with Crippen LogP contribution in [-0.2, 0) is 11.3 Å². The van der Waals surface area contributed by atoms with Crippen molar-refractivity contribution in [2.75, 3.05) is 27.2 Å². The fourth-order valence-electron chi connectivity index (χ4n) is 1.03. The molecule has 1 rings (SSSR count). The Hall–Kier alpha value is -0.900. The maximum Gasteiger partial charge on any atom is 0.106 e. The highest BCUT2D eigenvalue weighted by atomic mass is 35.5. The van der Waals surface area contributed by atoms with Gasteiger partial charge in [0.1, 0.15) is 6.79 Å². The molecular weight excluding hydrogens is 248 g/mol. The van der Waals surface area contributed by atoms with E-state index in [0.29, 0.717) is 0 Å². The zero-order chi connectivity index (χ0) is 14.4. The maximum atomic E-state index is 8.00. The summed E-state index contributed by atoms with van der Waals surface area (Å²) in [5.74, 6) is 0. The smallest absolute Gasteiger partial charge is 0.106 e. The predicted molar refractivity (Wildman–Crippen MR) is 80.2 cm³/mol. The average Bonchev–Trinajstić information content (AvgIpc) is 2.43. The lowest BCUT2D eigenvalue weighted by Gasteiger charge is -2.07. The van der Waals surface area contributed by atoms with Crippen LogP contribution in [0.1, 0.15) is 19.4 Å². The van der Waals surface area contributed by atoms with E-state index in [0.717, 1.165) is 24.7 Å². The molecule has 0 aliphatic heterocycles. The van der Waals surface area contributed by atoms with E-state index < -0.39 is 0 Å². The van der Waals surface area contributed by atoms with E-state index in [4.69, 9.17) is 16.4 Å². The summed E-state index contributed by atoms with van der Waals surface area (Å²) < 4.78 is 0. The SMILES string of the molecule is C=O.CCN(C)CC.CNCc1ccc(Cl)cc1. The highest BCUT2D eigenvalue weighted by molar-refractivity contribution is 6.30. The zero-order valence-electron chi connectivity index (χ0n) is 11.9. The summed E-state index contributed by atoms with van der Waals surface area (Å²) in [4.78, 5) is 10.2. The van der Waals surface area contributed by atoms with Gasteiger partial charge < -0.3 is 15.0 Å². The van der Waals surface area contributed by atoms with Gasteiger partial charge in [-0.05, 0) is 44.9 Å². The van der Waals surface area contributed by atoms with Crippen molar-refractivity contribution in [3.05, 3.63) is 34.9 Å². The second-order valence-electron chi connectivity index (χ2n) is 3.65. The number of nitrogens with zero attached hydrogens (tertiary/aromatic N) is 1. The molecule has 1 aromatic rings. The minimum absolute atomic E-state index is 0.792. The van der Waals surface area contributed by atoms with E-state index >= 15 is 0 Å². The molecule has 0 amide bonds. The highest BCUT2D eigenvalue weighted by Crippen LogP contribution is 2.08. The fraction of sp³-hybridized carbons (Fsp3) is 0.500. The number of carbonyl (C=O) groups excluding carboxylic acids is 1. The summed E-state index contributed by atoms with van der Waals surface area (Å²) in [5.41, 5.74) is 1.26. The molecule has 3 nitrogen and oxygen atoms in total. The number of benzene rings is 1. The number of carbonyl (C=O) groups is 1. The van der Waals surface area contributed by atoms with Crippen molar-refractivity contribution in [3.63, 3.8) is 0 Å². The van der Waals surface area contributed by atoms with Crippen LogP contribution in [0.2, 0.25) is 5.02 Å². The molecule has 0 saturated heterocycles. The Bertz CT molecular complexity index is 274. The quantitative estimate of drug-likeness (QED) is 0.915. The predicted octanol–water partition coefficient (Wildman–Crippen LogP) is 2.83. The summed E-state index contributed by atoms with van der Waals surface area (Å²) >= 11 is 5.69. The van der Waals surface area contributed by atoms with Gasteiger partial charge in [-0.1, -0.05) is 37.6 Å². The van der Waals surface area contributed by atoms with Crippen LogP contribution in [0.5, 0.6) is 0 Å². The molecule has 0 spiro atoms. The van der Waals surface area contributed by atoms with E-state index in [1.54, 1.807) is 0 Å². The minimum atomic E-state index is 0.792. The first-order valence-electron chi connectivity index (χ1n) is 6.00. The second kappa shape index (κ2) is 14.2. The summed E-state index contributed by atoms with van der Waals surface area (Å²) in [7, 11) is 4.04. The zero-order valence-corrected chi connectivity index (χ0v) is 12.6. The van der Waals surface area contributed by atoms with Crippen molar-refractivity contribution in [2.24, 2.45) is 0 Å². The standard InChI is InChI=1S/C8H10ClN.C5H13N.CH2O/c1-10-6-7-2-4-8(9)5-3-7;1-4-6(3)5-2;1-2/h2-5,10H,6H2,1H3;4-5H2,1-3H3;1H2. The van der Waals surface area contributed by atoms with Crippen molar-refractivity contribution in [2.45, 2.75) is 20.4 Å². The Kier molecular flexibility index (Phi) is 15.3. The Morgan fingerprint density at radius 2 is 1.61 bits per heavy atom. The first kappa shape index (κ1) is 19.4. The Morgan fingerprint density at radius 3 is 1.89 bits per heavy atom. The van der Waals surface area contributed by atoms with Crippen molar-refractivity contribution >= 4 is 18.4 Å². The molecule has 18 heavy (non-hydrogen) atoms. The van der Waals surface area contributed by atoms with Gasteiger partial charge in [-0.3, -0.25) is 0 Å². The summed E-state index contributed by atoms with van der Waals surface area (Å²) in [5, 5.41) is 3.85. The summed E-state index contributed by atoms with van der Waals surface area (Å²) in [6.45, 7) is 9.54. The van der Waals surface area contributed by atoms with E-state index in [-0.39, 0.29) is 0 Å². The molecular formula is C14H25ClN2O. The molecule has 0 aliphatic rings. The molecule has 1 aromatic carbocycles. The fourth-order valence-corrected chi connectivity index (χ4v) is 1.16. The largest absolute Gasteiger partial charge is 0.316 e. The summed E-state index contributed by atoms with van der Waals surface area (Å²) in [6.07, 6.45) is 0. The third-order valence-corrected chi connectivity index (χ3v) is 2.63. The van der Waals surface area contributed by atoms with Gasteiger partial charge in [-0.15, -0.1) is 0 Å². The van der Waals surface area contributed by atoms with Crippen LogP contribution in [0.15, 0.2) is 24.3 Å². The van der Waals surface area contributed by atoms with Gasteiger partial charge in [0.25, 0.3) is 0 Å². The van der Waals surface area contributed by atoms with Crippen LogP contribution in [0.3, 0.4) is 0 Å². The molecule has 0 saturated carbocycles. The maximum absolute atomic E-state index is 8.00. The number of rotatable bonds is 4. The molecule has 0 radical (unpaired) electrons. The molecule has 0 heterocycles. The van der Waals surface area contributed by atoms with E-state index in [1.807, 2.05) is 38.1 Å². The first-order chi connectivity index (χ1) is 8.63. The number of hydrogen-bond donors (Lipinski definition) is 1. The third kappa shape index (κ3) is 11.6. The number of hydrogen-bond acceptors (Lipinski definition) is 3. The van der Waals surface area contributed by atoms with Crippen LogP contribution in [-0.4, -0.2) is 38.9 Å². The highest BCUT2D eigenvalue weighted by Gasteiger charge is 1.88. The van der Waals surface area contributed by atoms with Crippen molar-refractivity contribution in [1.29, 1.82) is 0 Å². The van der Waals surface area contributed by atoms with Crippen LogP contribution < -0.4 is 5.32 Å². The monoisotopic (exact) mass is 272 g/mol. The Morgan fingerprint density at radius 1 is 1.17 bits per heavy atom. The molecule has 0 atom stereocenters. The average molecular weight is 273 g/mol. The lowest BCUT2D eigenvalue weighted by molar-refractivity contribution is -0.0979. The molecule has 104 valence electrons. The van der Waals surface area contributed by atoms with Crippen LogP contribution in [0.25, 0.3) is 0 Å². The molecule has 0 aliphatic carbocycles. The normalized spacial score (nSPS) is 9.00. The van der Waals surface area contributed by atoms with Crippen LogP contribution >= 0.6 is 11.6 Å². The van der Waals surface area contributed by atoms with Gasteiger partial charge in [0.05, 0.1) is 0 Å². The van der Waals surface area contributed by atoms with Crippen LogP contribution in [0, 0.1) is 0 Å². The topological polar surface area (TPSA) is 32.3 Å². The summed E-state index contributed by atoms with van der Waals surface area (Å²) in [6, 6.07) is 7.82. The molecule has 0 fully saturated rings. The van der Waals surface area contributed by atoms with Gasteiger partial charge in [-0.25, -0.2) is 0 Å². The molecule has 1 N–H and O–H groups in total. The van der Waals surface area contributed by atoms with Crippen LogP contribution in [0.4, 0.5) is 0 Å². The van der Waals surface area contributed by atoms with Crippen molar-refractivity contribution in [1.82, 2.24) is 10.2 Å². The lowest BCUT2D eigenvalue weighted by Crippen LogP contribution is -2.15. The third-order valence-electron chi connectivity index (χ3n) is 2.37. The molecule has 0 unspecified atom stereocenters. The molecule has 0 aromatic heterocycles. The lowest BCUT2D eigenvalue weighted by atomic mass is 10.2. The molecule has 4 heteroatoms. The van der Waals surface area contributed by atoms with Gasteiger partial charge in [0.15, 0.2) is 0 Å². The van der Waals surface area contributed by atoms with E-state index in [1.165, 1.54) is 5.56 Å². The van der Waals surface area contributed by atoms with Gasteiger partial charge in [-0.2, -0.15) is 0 Å². The minimum Gasteiger partial charge on any atom is -0.316 e. The number of nitrogens with one attached hydrogen (secondary N) is 1. The van der Waals surface area contributed by atoms with Crippen molar-refractivity contribution < 1.29 is 4.79 Å². The Labute approximate surface area is 116 Å². The van der Waals surface area contributed by atoms with E-state index in [2.05, 4.69) is 31.1 Å². The first-order valence-corrected chi connectivity index (χ1v) is 6.38. The van der Waals surface area contributed by atoms with E-state index in [9.17, 15) is 0 Å². The Balaban J connectivity index is 0. The van der Waals surface area contributed by atoms with Gasteiger partial charge >= 0.3 is 0 Å². The van der Waals surface area contributed by atoms with Gasteiger partial charge in [0, 0.05) is 11.6 Å². The molecule has 0 bridgehead atoms.